The van der Waals surface area contributed by atoms with Gasteiger partial charge in [-0.3, -0.25) is 4.79 Å². The monoisotopic (exact) mass is 246 g/mol. The highest BCUT2D eigenvalue weighted by molar-refractivity contribution is 5.87. The molecule has 0 amide bonds. The number of aromatic nitrogens is 1. The zero-order chi connectivity index (χ0) is 12.9. The number of fused-ring (bicyclic) bond motifs is 2. The second-order valence-electron chi connectivity index (χ2n) is 4.39. The van der Waals surface area contributed by atoms with Gasteiger partial charge in [-0.05, 0) is 18.6 Å². The molecule has 1 aromatic heterocycles. The van der Waals surface area contributed by atoms with Gasteiger partial charge in [-0.1, -0.05) is 0 Å². The van der Waals surface area contributed by atoms with Crippen molar-refractivity contribution in [1.29, 1.82) is 0 Å². The summed E-state index contributed by atoms with van der Waals surface area (Å²) in [5, 5.41) is 0.974. The zero-order valence-electron chi connectivity index (χ0n) is 10.3. The van der Waals surface area contributed by atoms with E-state index < -0.39 is 0 Å². The van der Waals surface area contributed by atoms with E-state index in [4.69, 9.17) is 15.2 Å². The number of nitrogens with zero attached hydrogens (tertiary/aromatic N) is 1. The van der Waals surface area contributed by atoms with Gasteiger partial charge < -0.3 is 19.8 Å². The highest BCUT2D eigenvalue weighted by atomic mass is 16.7. The summed E-state index contributed by atoms with van der Waals surface area (Å²) in [6.45, 7) is 2.37. The number of hydrogen-bond acceptors (Lipinski definition) is 4. The van der Waals surface area contributed by atoms with Crippen LogP contribution in [0.25, 0.3) is 10.9 Å². The summed E-state index contributed by atoms with van der Waals surface area (Å²) in [5.74, 6) is 1.39. The lowest BCUT2D eigenvalue weighted by molar-refractivity contribution is 0.174. The van der Waals surface area contributed by atoms with Gasteiger partial charge in [0.05, 0.1) is 5.52 Å². The fourth-order valence-electron chi connectivity index (χ4n) is 2.38. The van der Waals surface area contributed by atoms with Crippen LogP contribution in [0.2, 0.25) is 0 Å². The van der Waals surface area contributed by atoms with Crippen molar-refractivity contribution in [2.24, 2.45) is 12.8 Å². The van der Waals surface area contributed by atoms with Crippen LogP contribution in [-0.2, 0) is 13.6 Å². The number of benzene rings is 1. The lowest BCUT2D eigenvalue weighted by atomic mass is 10.0. The number of hydrogen-bond donors (Lipinski definition) is 1. The van der Waals surface area contributed by atoms with Crippen LogP contribution in [0.3, 0.4) is 0 Å². The molecule has 0 bridgehead atoms. The first kappa shape index (κ1) is 11.1. The lowest BCUT2D eigenvalue weighted by Crippen LogP contribution is -2.25. The minimum atomic E-state index is -0.0543. The largest absolute Gasteiger partial charge is 0.454 e. The number of ether oxygens (including phenoxy) is 2. The van der Waals surface area contributed by atoms with Crippen molar-refractivity contribution in [2.45, 2.75) is 13.5 Å². The Morgan fingerprint density at radius 3 is 2.67 bits per heavy atom. The van der Waals surface area contributed by atoms with E-state index in [1.165, 1.54) is 0 Å². The Balaban J connectivity index is 2.47. The fourth-order valence-corrected chi connectivity index (χ4v) is 2.38. The molecule has 2 heterocycles. The minimum absolute atomic E-state index is 0.0543. The third kappa shape index (κ3) is 1.34. The third-order valence-corrected chi connectivity index (χ3v) is 3.48. The maximum Gasteiger partial charge on any atom is 0.255 e. The molecule has 3 rings (SSSR count). The number of nitrogens with two attached hydrogens (primary N) is 1. The molecule has 0 fully saturated rings. The van der Waals surface area contributed by atoms with Gasteiger partial charge in [0.1, 0.15) is 0 Å². The van der Waals surface area contributed by atoms with Crippen molar-refractivity contribution in [3.05, 3.63) is 33.6 Å². The summed E-state index contributed by atoms with van der Waals surface area (Å²) in [7, 11) is 1.74. The second kappa shape index (κ2) is 3.74. The fraction of sp³-hybridized carbons (Fsp3) is 0.308. The van der Waals surface area contributed by atoms with Gasteiger partial charge >= 0.3 is 0 Å². The molecule has 1 aliphatic heterocycles. The Hall–Kier alpha value is -2.01. The Bertz CT molecular complexity index is 704. The average molecular weight is 246 g/mol. The summed E-state index contributed by atoms with van der Waals surface area (Å²) >= 11 is 0. The summed E-state index contributed by atoms with van der Waals surface area (Å²) < 4.78 is 12.3. The molecule has 0 unspecified atom stereocenters. The van der Waals surface area contributed by atoms with Crippen molar-refractivity contribution in [2.75, 3.05) is 6.79 Å². The standard InChI is InChI=1S/C13H14N2O3/c1-7-8-3-11-12(18-6-17-11)4-10(8)15(2)13(16)9(7)5-14/h3-4H,5-6,14H2,1-2H3. The maximum atomic E-state index is 12.1. The van der Waals surface area contributed by atoms with Crippen LogP contribution in [0, 0.1) is 6.92 Å². The van der Waals surface area contributed by atoms with E-state index in [-0.39, 0.29) is 18.9 Å². The molecule has 0 saturated carbocycles. The number of pyridine rings is 1. The van der Waals surface area contributed by atoms with Crippen LogP contribution < -0.4 is 20.8 Å². The van der Waals surface area contributed by atoms with Crippen LogP contribution in [0.5, 0.6) is 11.5 Å². The van der Waals surface area contributed by atoms with Crippen molar-refractivity contribution in [3.63, 3.8) is 0 Å². The summed E-state index contributed by atoms with van der Waals surface area (Å²) in [4.78, 5) is 12.1. The molecule has 0 spiro atoms. The van der Waals surface area contributed by atoms with Gasteiger partial charge in [0.25, 0.3) is 5.56 Å². The molecule has 1 aliphatic rings. The molecular weight excluding hydrogens is 232 g/mol. The van der Waals surface area contributed by atoms with E-state index >= 15 is 0 Å². The summed E-state index contributed by atoms with van der Waals surface area (Å²) in [6, 6.07) is 3.75. The Kier molecular flexibility index (Phi) is 2.31. The highest BCUT2D eigenvalue weighted by Gasteiger charge is 2.18. The Morgan fingerprint density at radius 1 is 1.33 bits per heavy atom. The predicted octanol–water partition coefficient (Wildman–Crippen LogP) is 1.03. The van der Waals surface area contributed by atoms with Crippen LogP contribution in [-0.4, -0.2) is 11.4 Å². The molecule has 18 heavy (non-hydrogen) atoms. The van der Waals surface area contributed by atoms with Gasteiger partial charge in [-0.25, -0.2) is 0 Å². The number of rotatable bonds is 1. The van der Waals surface area contributed by atoms with E-state index in [0.29, 0.717) is 17.1 Å². The van der Waals surface area contributed by atoms with Gasteiger partial charge in [-0.15, -0.1) is 0 Å². The first-order chi connectivity index (χ1) is 8.63. The molecule has 1 aromatic carbocycles. The van der Waals surface area contributed by atoms with Gasteiger partial charge in [0.2, 0.25) is 6.79 Å². The van der Waals surface area contributed by atoms with E-state index in [9.17, 15) is 4.79 Å². The van der Waals surface area contributed by atoms with Crippen molar-refractivity contribution in [3.8, 4) is 11.5 Å². The Labute approximate surface area is 104 Å². The lowest BCUT2D eigenvalue weighted by Gasteiger charge is -2.12. The van der Waals surface area contributed by atoms with Crippen molar-refractivity contribution in [1.82, 2.24) is 4.57 Å². The first-order valence-corrected chi connectivity index (χ1v) is 5.75. The molecule has 0 saturated heterocycles. The Morgan fingerprint density at radius 2 is 2.00 bits per heavy atom. The average Bonchev–Trinajstić information content (AvgIpc) is 2.82. The van der Waals surface area contributed by atoms with Crippen LogP contribution in [0.1, 0.15) is 11.1 Å². The van der Waals surface area contributed by atoms with Gasteiger partial charge in [0, 0.05) is 30.6 Å². The normalized spacial score (nSPS) is 13.3. The van der Waals surface area contributed by atoms with Crippen LogP contribution >= 0.6 is 0 Å². The molecule has 0 atom stereocenters. The van der Waals surface area contributed by atoms with Gasteiger partial charge in [-0.2, -0.15) is 0 Å². The maximum absolute atomic E-state index is 12.1. The van der Waals surface area contributed by atoms with Crippen molar-refractivity contribution < 1.29 is 9.47 Å². The molecule has 0 radical (unpaired) electrons. The smallest absolute Gasteiger partial charge is 0.255 e. The summed E-state index contributed by atoms with van der Waals surface area (Å²) in [6.07, 6.45) is 0. The summed E-state index contributed by atoms with van der Waals surface area (Å²) in [5.41, 5.74) is 7.99. The minimum Gasteiger partial charge on any atom is -0.454 e. The quantitative estimate of drug-likeness (QED) is 0.816. The van der Waals surface area contributed by atoms with Crippen LogP contribution in [0.15, 0.2) is 16.9 Å². The van der Waals surface area contributed by atoms with E-state index in [0.717, 1.165) is 16.5 Å². The molecule has 5 nitrogen and oxygen atoms in total. The van der Waals surface area contributed by atoms with E-state index in [2.05, 4.69) is 0 Å². The molecule has 94 valence electrons. The molecule has 2 N–H and O–H groups in total. The number of aryl methyl sites for hydroxylation is 2. The predicted molar refractivity (Wildman–Crippen MR) is 67.9 cm³/mol. The third-order valence-electron chi connectivity index (χ3n) is 3.48. The van der Waals surface area contributed by atoms with Gasteiger partial charge in [0.15, 0.2) is 11.5 Å². The molecule has 0 aliphatic carbocycles. The molecular formula is C13H14N2O3. The second-order valence-corrected chi connectivity index (χ2v) is 4.39. The van der Waals surface area contributed by atoms with Crippen molar-refractivity contribution >= 4 is 10.9 Å². The zero-order valence-corrected chi connectivity index (χ0v) is 10.3. The van der Waals surface area contributed by atoms with E-state index in [1.807, 2.05) is 19.1 Å². The molecule has 2 aromatic rings. The first-order valence-electron chi connectivity index (χ1n) is 5.75. The highest BCUT2D eigenvalue weighted by Crippen LogP contribution is 2.36. The van der Waals surface area contributed by atoms with Crippen LogP contribution in [0.4, 0.5) is 0 Å². The molecule has 5 heteroatoms. The van der Waals surface area contributed by atoms with E-state index in [1.54, 1.807) is 11.6 Å². The topological polar surface area (TPSA) is 66.5 Å². The SMILES string of the molecule is Cc1c(CN)c(=O)n(C)c2cc3c(cc12)OCO3.